The van der Waals surface area contributed by atoms with Gasteiger partial charge in [-0.1, -0.05) is 30.3 Å². The van der Waals surface area contributed by atoms with Crippen LogP contribution in [0.25, 0.3) is 0 Å². The van der Waals surface area contributed by atoms with Crippen LogP contribution in [0.4, 0.5) is 19.0 Å². The highest BCUT2D eigenvalue weighted by molar-refractivity contribution is 6.05. The number of amides is 2. The van der Waals surface area contributed by atoms with E-state index >= 15 is 0 Å². The molecule has 2 amide bonds. The molecule has 0 spiro atoms. The molecular weight excluding hydrogens is 409 g/mol. The predicted molar refractivity (Wildman–Crippen MR) is 108 cm³/mol. The molecule has 4 rings (SSSR count). The molecule has 1 atom stereocenters. The summed E-state index contributed by atoms with van der Waals surface area (Å²) in [6, 6.07) is 11.3. The van der Waals surface area contributed by atoms with Crippen LogP contribution in [0.3, 0.4) is 0 Å². The highest BCUT2D eigenvalue weighted by Crippen LogP contribution is 2.30. The van der Waals surface area contributed by atoms with Crippen LogP contribution in [0.1, 0.15) is 24.0 Å². The molecule has 164 valence electrons. The fourth-order valence-electron chi connectivity index (χ4n) is 4.10. The smallest absolute Gasteiger partial charge is 0.355 e. The lowest BCUT2D eigenvalue weighted by Crippen LogP contribution is -2.43. The SMILES string of the molecule is O=C1CC(N2CCCN(c3ccc(C(F)(F)F)cn3)CC2)C(=O)N1Cc1ccccc1. The number of anilines is 1. The number of hydrogen-bond acceptors (Lipinski definition) is 5. The first-order valence-electron chi connectivity index (χ1n) is 10.2. The predicted octanol–water partition coefficient (Wildman–Crippen LogP) is 2.94. The summed E-state index contributed by atoms with van der Waals surface area (Å²) in [5, 5.41) is 0. The number of hydrogen-bond donors (Lipinski definition) is 0. The lowest BCUT2D eigenvalue weighted by molar-refractivity contribution is -0.140. The van der Waals surface area contributed by atoms with Crippen LogP contribution in [-0.4, -0.2) is 58.8 Å². The molecule has 1 aromatic carbocycles. The molecular formula is C22H23F3N4O2. The van der Waals surface area contributed by atoms with Gasteiger partial charge in [0.2, 0.25) is 11.8 Å². The van der Waals surface area contributed by atoms with Crippen molar-refractivity contribution in [3.63, 3.8) is 0 Å². The average Bonchev–Trinajstić information content (AvgIpc) is 2.92. The van der Waals surface area contributed by atoms with Gasteiger partial charge in [-0.25, -0.2) is 4.98 Å². The number of benzene rings is 1. The Kier molecular flexibility index (Phi) is 5.95. The van der Waals surface area contributed by atoms with E-state index in [0.717, 1.165) is 24.2 Å². The molecule has 1 aromatic heterocycles. The molecule has 6 nitrogen and oxygen atoms in total. The van der Waals surface area contributed by atoms with E-state index in [1.807, 2.05) is 40.1 Å². The van der Waals surface area contributed by atoms with Gasteiger partial charge >= 0.3 is 6.18 Å². The molecule has 9 heteroatoms. The van der Waals surface area contributed by atoms with E-state index in [9.17, 15) is 22.8 Å². The molecule has 2 aliphatic heterocycles. The van der Waals surface area contributed by atoms with Crippen molar-refractivity contribution in [2.45, 2.75) is 31.6 Å². The summed E-state index contributed by atoms with van der Waals surface area (Å²) in [7, 11) is 0. The molecule has 3 heterocycles. The highest BCUT2D eigenvalue weighted by atomic mass is 19.4. The number of pyridine rings is 1. The molecule has 2 fully saturated rings. The zero-order valence-corrected chi connectivity index (χ0v) is 16.9. The number of alkyl halides is 3. The fourth-order valence-corrected chi connectivity index (χ4v) is 4.10. The largest absolute Gasteiger partial charge is 0.417 e. The van der Waals surface area contributed by atoms with Gasteiger partial charge in [0.25, 0.3) is 0 Å². The normalized spacial score (nSPS) is 20.9. The number of aromatic nitrogens is 1. The van der Waals surface area contributed by atoms with E-state index in [1.165, 1.54) is 11.0 Å². The van der Waals surface area contributed by atoms with Gasteiger partial charge in [-0.15, -0.1) is 0 Å². The minimum atomic E-state index is -4.41. The van der Waals surface area contributed by atoms with Crippen molar-refractivity contribution in [1.29, 1.82) is 0 Å². The van der Waals surface area contributed by atoms with Crippen molar-refractivity contribution < 1.29 is 22.8 Å². The van der Waals surface area contributed by atoms with Crippen LogP contribution in [0, 0.1) is 0 Å². The van der Waals surface area contributed by atoms with E-state index in [1.54, 1.807) is 0 Å². The molecule has 31 heavy (non-hydrogen) atoms. The first-order valence-corrected chi connectivity index (χ1v) is 10.2. The van der Waals surface area contributed by atoms with Crippen molar-refractivity contribution in [2.75, 3.05) is 31.1 Å². The Morgan fingerprint density at radius 3 is 2.42 bits per heavy atom. The lowest BCUT2D eigenvalue weighted by Gasteiger charge is -2.26. The maximum Gasteiger partial charge on any atom is 0.417 e. The Hall–Kier alpha value is -2.94. The number of likely N-dealkylation sites (tertiary alicyclic amines) is 1. The maximum atomic E-state index is 12.9. The van der Waals surface area contributed by atoms with E-state index < -0.39 is 17.8 Å². The van der Waals surface area contributed by atoms with Crippen molar-refractivity contribution >= 4 is 17.6 Å². The summed E-state index contributed by atoms with van der Waals surface area (Å²) in [5.41, 5.74) is 0.126. The summed E-state index contributed by atoms with van der Waals surface area (Å²) >= 11 is 0. The average molecular weight is 432 g/mol. The monoisotopic (exact) mass is 432 g/mol. The van der Waals surface area contributed by atoms with E-state index in [0.29, 0.717) is 32.0 Å². The third kappa shape index (κ3) is 4.71. The van der Waals surface area contributed by atoms with Gasteiger partial charge in [-0.2, -0.15) is 13.2 Å². The number of halogens is 3. The molecule has 1 unspecified atom stereocenters. The second kappa shape index (κ2) is 8.66. The van der Waals surface area contributed by atoms with Crippen molar-refractivity contribution in [3.05, 3.63) is 59.8 Å². The Morgan fingerprint density at radius 2 is 1.74 bits per heavy atom. The maximum absolute atomic E-state index is 12.9. The molecule has 0 saturated carbocycles. The second-order valence-electron chi connectivity index (χ2n) is 7.80. The minimum Gasteiger partial charge on any atom is -0.355 e. The topological polar surface area (TPSA) is 56.8 Å². The van der Waals surface area contributed by atoms with Gasteiger partial charge in [0.05, 0.1) is 24.6 Å². The summed E-state index contributed by atoms with van der Waals surface area (Å²) in [6.07, 6.45) is -2.69. The van der Waals surface area contributed by atoms with Crippen LogP contribution in [0.15, 0.2) is 48.7 Å². The standard InChI is InChI=1S/C22H23F3N4O2/c23-22(24,25)17-7-8-19(26-14-17)28-10-4-9-27(11-12-28)18-13-20(30)29(21(18)31)15-16-5-2-1-3-6-16/h1-3,5-8,14,18H,4,9-13,15H2. The molecule has 2 saturated heterocycles. The molecule has 2 aliphatic rings. The first kappa shape index (κ1) is 21.3. The lowest BCUT2D eigenvalue weighted by atomic mass is 10.2. The van der Waals surface area contributed by atoms with E-state index in [2.05, 4.69) is 4.98 Å². The number of nitrogens with zero attached hydrogens (tertiary/aromatic N) is 4. The van der Waals surface area contributed by atoms with Crippen LogP contribution in [0.5, 0.6) is 0 Å². The van der Waals surface area contributed by atoms with Gasteiger partial charge in [0.1, 0.15) is 5.82 Å². The van der Waals surface area contributed by atoms with Crippen LogP contribution >= 0.6 is 0 Å². The third-order valence-electron chi connectivity index (χ3n) is 5.77. The van der Waals surface area contributed by atoms with Crippen molar-refractivity contribution in [2.24, 2.45) is 0 Å². The fraction of sp³-hybridized carbons (Fsp3) is 0.409. The summed E-state index contributed by atoms with van der Waals surface area (Å²) in [4.78, 5) is 34.7. The summed E-state index contributed by atoms with van der Waals surface area (Å²) in [5.74, 6) is 0.119. The minimum absolute atomic E-state index is 0.157. The highest BCUT2D eigenvalue weighted by Gasteiger charge is 2.42. The zero-order valence-electron chi connectivity index (χ0n) is 16.9. The molecule has 2 aromatic rings. The zero-order chi connectivity index (χ0) is 22.0. The number of carbonyl (C=O) groups is 2. The molecule has 0 N–H and O–H groups in total. The van der Waals surface area contributed by atoms with Gasteiger partial charge in [0.15, 0.2) is 0 Å². The third-order valence-corrected chi connectivity index (χ3v) is 5.77. The molecule has 0 aliphatic carbocycles. The Balaban J connectivity index is 1.39. The second-order valence-corrected chi connectivity index (χ2v) is 7.80. The quantitative estimate of drug-likeness (QED) is 0.696. The van der Waals surface area contributed by atoms with Crippen molar-refractivity contribution in [1.82, 2.24) is 14.8 Å². The Bertz CT molecular complexity index is 934. The Morgan fingerprint density at radius 1 is 0.968 bits per heavy atom. The van der Waals surface area contributed by atoms with Crippen molar-refractivity contribution in [3.8, 4) is 0 Å². The Labute approximate surface area is 178 Å². The molecule has 0 radical (unpaired) electrons. The number of rotatable bonds is 4. The van der Waals surface area contributed by atoms with E-state index in [4.69, 9.17) is 0 Å². The van der Waals surface area contributed by atoms with Gasteiger partial charge < -0.3 is 4.90 Å². The molecule has 0 bridgehead atoms. The van der Waals surface area contributed by atoms with E-state index in [-0.39, 0.29) is 24.8 Å². The van der Waals surface area contributed by atoms with Crippen LogP contribution in [0.2, 0.25) is 0 Å². The van der Waals surface area contributed by atoms with Crippen LogP contribution < -0.4 is 4.90 Å². The van der Waals surface area contributed by atoms with Gasteiger partial charge in [-0.3, -0.25) is 19.4 Å². The summed E-state index contributed by atoms with van der Waals surface area (Å²) in [6.45, 7) is 2.59. The first-order chi connectivity index (χ1) is 14.8. The summed E-state index contributed by atoms with van der Waals surface area (Å²) < 4.78 is 38.3. The number of carbonyl (C=O) groups excluding carboxylic acids is 2. The van der Waals surface area contributed by atoms with Gasteiger partial charge in [-0.05, 0) is 24.1 Å². The number of imide groups is 1. The van der Waals surface area contributed by atoms with Crippen LogP contribution in [-0.2, 0) is 22.3 Å². The van der Waals surface area contributed by atoms with Gasteiger partial charge in [0, 0.05) is 32.4 Å².